The summed E-state index contributed by atoms with van der Waals surface area (Å²) in [5, 5.41) is 0. The average molecular weight is 196 g/mol. The predicted molar refractivity (Wildman–Crippen MR) is 52.1 cm³/mol. The van der Waals surface area contributed by atoms with Crippen LogP contribution in [0.5, 0.6) is 5.75 Å². The predicted octanol–water partition coefficient (Wildman–Crippen LogP) is 1.94. The topological polar surface area (TPSA) is 9.23 Å². The van der Waals surface area contributed by atoms with Crippen molar-refractivity contribution in [3.05, 3.63) is 23.8 Å². The third-order valence-electron chi connectivity index (χ3n) is 1.43. The van der Waals surface area contributed by atoms with Crippen LogP contribution in [0, 0.1) is 11.6 Å². The van der Waals surface area contributed by atoms with Gasteiger partial charge in [0.1, 0.15) is 5.60 Å². The fraction of sp³-hybridized carbons (Fsp3) is 0.400. The summed E-state index contributed by atoms with van der Waals surface area (Å²) in [5.74, 6) is -1.94. The fourth-order valence-electron chi connectivity index (χ4n) is 0.983. The standard InChI is InChI=1S/C10H11BF2O/c1-10(2,3)14-9-7(12)4-6(11)5-8(9)13/h4-5H,1-3H3/q-1. The molecule has 0 aliphatic rings. The molecule has 1 nitrogen and oxygen atoms in total. The molecule has 0 fully saturated rings. The molecule has 75 valence electrons. The third kappa shape index (κ3) is 2.72. The van der Waals surface area contributed by atoms with Crippen LogP contribution < -0.4 is 10.2 Å². The van der Waals surface area contributed by atoms with Gasteiger partial charge in [0.25, 0.3) is 0 Å². The molecule has 1 aromatic rings. The highest BCUT2D eigenvalue weighted by atomic mass is 19.1. The molecule has 0 saturated carbocycles. The maximum absolute atomic E-state index is 13.2. The van der Waals surface area contributed by atoms with Crippen LogP contribution in [-0.2, 0) is 0 Å². The van der Waals surface area contributed by atoms with E-state index in [1.165, 1.54) is 0 Å². The highest BCUT2D eigenvalue weighted by Gasteiger charge is 2.17. The van der Waals surface area contributed by atoms with Crippen LogP contribution in [0.4, 0.5) is 8.78 Å². The van der Waals surface area contributed by atoms with E-state index in [9.17, 15) is 8.78 Å². The maximum atomic E-state index is 13.2. The number of ether oxygens (including phenoxy) is 1. The van der Waals surface area contributed by atoms with Crippen molar-refractivity contribution >= 4 is 13.3 Å². The van der Waals surface area contributed by atoms with E-state index in [4.69, 9.17) is 12.6 Å². The molecule has 1 rings (SSSR count). The highest BCUT2D eigenvalue weighted by molar-refractivity contribution is 6.32. The van der Waals surface area contributed by atoms with Gasteiger partial charge in [0, 0.05) is 0 Å². The van der Waals surface area contributed by atoms with E-state index < -0.39 is 17.2 Å². The fourth-order valence-corrected chi connectivity index (χ4v) is 0.983. The van der Waals surface area contributed by atoms with Gasteiger partial charge in [0.2, 0.25) is 0 Å². The lowest BCUT2D eigenvalue weighted by molar-refractivity contribution is 0.117. The quantitative estimate of drug-likeness (QED) is 0.623. The Morgan fingerprint density at radius 2 is 1.57 bits per heavy atom. The Morgan fingerprint density at radius 3 is 1.93 bits per heavy atom. The minimum absolute atomic E-state index is 0.0428. The molecule has 0 spiro atoms. The Hall–Kier alpha value is -1.06. The summed E-state index contributed by atoms with van der Waals surface area (Å²) >= 11 is 0. The zero-order chi connectivity index (χ0) is 10.9. The van der Waals surface area contributed by atoms with Crippen molar-refractivity contribution in [2.75, 3.05) is 0 Å². The van der Waals surface area contributed by atoms with Gasteiger partial charge in [-0.05, 0) is 20.8 Å². The first kappa shape index (κ1) is 11.0. The molecular formula is C10H11BF2O-. The van der Waals surface area contributed by atoms with Crippen molar-refractivity contribution in [3.8, 4) is 5.75 Å². The van der Waals surface area contributed by atoms with E-state index in [1.54, 1.807) is 20.8 Å². The van der Waals surface area contributed by atoms with E-state index >= 15 is 0 Å². The molecule has 0 atom stereocenters. The summed E-state index contributed by atoms with van der Waals surface area (Å²) in [5.41, 5.74) is -0.598. The van der Waals surface area contributed by atoms with Gasteiger partial charge in [-0.15, -0.1) is 0 Å². The summed E-state index contributed by atoms with van der Waals surface area (Å²) < 4.78 is 31.5. The largest absolute Gasteiger partial charge is 0.580 e. The molecule has 0 N–H and O–H groups in total. The lowest BCUT2D eigenvalue weighted by Crippen LogP contribution is -2.25. The molecule has 0 bridgehead atoms. The van der Waals surface area contributed by atoms with Crippen LogP contribution >= 0.6 is 0 Å². The maximum Gasteiger partial charge on any atom is 0.191 e. The molecule has 14 heavy (non-hydrogen) atoms. The molecule has 0 aliphatic heterocycles. The monoisotopic (exact) mass is 196 g/mol. The molecule has 0 aliphatic carbocycles. The molecule has 0 heterocycles. The van der Waals surface area contributed by atoms with Gasteiger partial charge >= 0.3 is 0 Å². The van der Waals surface area contributed by atoms with Crippen LogP contribution in [0.15, 0.2) is 12.1 Å². The molecule has 0 unspecified atom stereocenters. The Balaban J connectivity index is 3.09. The van der Waals surface area contributed by atoms with Gasteiger partial charge in [0.15, 0.2) is 17.4 Å². The Kier molecular flexibility index (Phi) is 2.83. The minimum atomic E-state index is -0.780. The van der Waals surface area contributed by atoms with Gasteiger partial charge in [-0.3, -0.25) is 0 Å². The molecular weight excluding hydrogens is 185 g/mol. The van der Waals surface area contributed by atoms with Crippen molar-refractivity contribution < 1.29 is 13.5 Å². The first-order chi connectivity index (χ1) is 6.29. The lowest BCUT2D eigenvalue weighted by atomic mass is 9.96. The number of rotatable bonds is 1. The highest BCUT2D eigenvalue weighted by Crippen LogP contribution is 2.24. The Bertz CT molecular complexity index is 321. The van der Waals surface area contributed by atoms with E-state index in [-0.39, 0.29) is 11.2 Å². The summed E-state index contributed by atoms with van der Waals surface area (Å²) in [6, 6.07) is 2.06. The van der Waals surface area contributed by atoms with Gasteiger partial charge in [-0.2, -0.15) is 0 Å². The molecule has 1 aromatic carbocycles. The molecule has 0 saturated heterocycles. The van der Waals surface area contributed by atoms with Crippen LogP contribution in [-0.4, -0.2) is 13.4 Å². The van der Waals surface area contributed by atoms with Crippen LogP contribution in [0.3, 0.4) is 0 Å². The SMILES string of the molecule is [B-]c1cc(F)c(OC(C)(C)C)c(F)c1. The first-order valence-electron chi connectivity index (χ1n) is 4.23. The molecule has 0 aromatic heterocycles. The van der Waals surface area contributed by atoms with Gasteiger partial charge < -0.3 is 18.0 Å². The molecule has 3 radical (unpaired) electrons. The second kappa shape index (κ2) is 3.60. The van der Waals surface area contributed by atoms with Crippen molar-refractivity contribution in [1.29, 1.82) is 0 Å². The zero-order valence-electron chi connectivity index (χ0n) is 8.40. The lowest BCUT2D eigenvalue weighted by Gasteiger charge is -2.23. The number of hydrogen-bond acceptors (Lipinski definition) is 1. The number of benzene rings is 1. The van der Waals surface area contributed by atoms with E-state index in [2.05, 4.69) is 0 Å². The molecule has 4 heteroatoms. The van der Waals surface area contributed by atoms with E-state index in [1.807, 2.05) is 0 Å². The van der Waals surface area contributed by atoms with Crippen LogP contribution in [0.25, 0.3) is 0 Å². The van der Waals surface area contributed by atoms with Crippen molar-refractivity contribution in [1.82, 2.24) is 0 Å². The van der Waals surface area contributed by atoms with Gasteiger partial charge in [-0.1, -0.05) is 12.1 Å². The summed E-state index contributed by atoms with van der Waals surface area (Å²) in [4.78, 5) is 0. The summed E-state index contributed by atoms with van der Waals surface area (Å²) in [6.45, 7) is 5.13. The normalized spacial score (nSPS) is 11.6. The van der Waals surface area contributed by atoms with Crippen LogP contribution in [0.1, 0.15) is 20.8 Å². The second-order valence-electron chi connectivity index (χ2n) is 4.03. The Morgan fingerprint density at radius 1 is 1.14 bits per heavy atom. The molecule has 0 amide bonds. The minimum Gasteiger partial charge on any atom is -0.580 e. The van der Waals surface area contributed by atoms with Gasteiger partial charge in [0.05, 0.1) is 0 Å². The third-order valence-corrected chi connectivity index (χ3v) is 1.43. The summed E-state index contributed by atoms with van der Waals surface area (Å²) in [6.07, 6.45) is 0. The van der Waals surface area contributed by atoms with E-state index in [0.717, 1.165) is 12.1 Å². The van der Waals surface area contributed by atoms with Crippen molar-refractivity contribution in [3.63, 3.8) is 0 Å². The van der Waals surface area contributed by atoms with Gasteiger partial charge in [-0.25, -0.2) is 8.78 Å². The average Bonchev–Trinajstić information content (AvgIpc) is 1.95. The van der Waals surface area contributed by atoms with Crippen molar-refractivity contribution in [2.45, 2.75) is 26.4 Å². The number of halogens is 2. The smallest absolute Gasteiger partial charge is 0.191 e. The summed E-state index contributed by atoms with van der Waals surface area (Å²) in [7, 11) is 5.26. The second-order valence-corrected chi connectivity index (χ2v) is 4.03. The van der Waals surface area contributed by atoms with Crippen LogP contribution in [0.2, 0.25) is 0 Å². The number of hydrogen-bond donors (Lipinski definition) is 0. The van der Waals surface area contributed by atoms with Crippen molar-refractivity contribution in [2.24, 2.45) is 0 Å². The Labute approximate surface area is 83.5 Å². The van der Waals surface area contributed by atoms with E-state index in [0.29, 0.717) is 0 Å². The first-order valence-corrected chi connectivity index (χ1v) is 4.23. The zero-order valence-corrected chi connectivity index (χ0v) is 8.40.